The highest BCUT2D eigenvalue weighted by Gasteiger charge is 2.81. The van der Waals surface area contributed by atoms with Crippen LogP contribution in [0.4, 0.5) is 0 Å². The standard InChI is InChI=1S/C30H40O7/c1-19(31)28(34)15-16-30(36)27(28,3)24(37-25(33)10-9-20-7-5-4-6-8-20)18-23-26(2)13-12-22(32)17-21(26)11-14-29(23,30)35/h4-11,19,22-24,31-32,34-36H,12-18H2,1-3H3/b10-9+/t19-,22-,23+,24+,26-,27+,28+,29-,30+/m0/s1. The molecule has 0 bridgehead atoms. The highest BCUT2D eigenvalue weighted by molar-refractivity contribution is 5.87. The molecule has 7 heteroatoms. The Bertz CT molecular complexity index is 1110. The minimum Gasteiger partial charge on any atom is -0.458 e. The lowest BCUT2D eigenvalue weighted by Crippen LogP contribution is -2.78. The lowest BCUT2D eigenvalue weighted by atomic mass is 9.42. The number of benzene rings is 1. The van der Waals surface area contributed by atoms with Gasteiger partial charge in [0.05, 0.1) is 17.6 Å². The van der Waals surface area contributed by atoms with Crippen molar-refractivity contribution < 1.29 is 35.1 Å². The Hall–Kier alpha value is -2.03. The SMILES string of the molecule is C[C@H](O)[C@]1(O)CC[C@@]2(O)[C@]1(C)[C@H](OC(=O)/C=C/c1ccccc1)C[C@@H]1[C@@]3(C)CC[C@H](O)CC3=CC[C@]12O. The summed E-state index contributed by atoms with van der Waals surface area (Å²) in [5, 5.41) is 57.7. The molecule has 0 aromatic heterocycles. The summed E-state index contributed by atoms with van der Waals surface area (Å²) in [7, 11) is 0. The van der Waals surface area contributed by atoms with Crippen molar-refractivity contribution in [3.05, 3.63) is 53.6 Å². The van der Waals surface area contributed by atoms with Gasteiger partial charge in [0.25, 0.3) is 0 Å². The molecule has 37 heavy (non-hydrogen) atoms. The van der Waals surface area contributed by atoms with Crippen LogP contribution < -0.4 is 0 Å². The first-order chi connectivity index (χ1) is 17.3. The molecule has 0 aliphatic heterocycles. The van der Waals surface area contributed by atoms with Crippen LogP contribution in [0.2, 0.25) is 0 Å². The first kappa shape index (κ1) is 26.6. The summed E-state index contributed by atoms with van der Waals surface area (Å²) in [5.41, 5.74) is -5.31. The number of aliphatic hydroxyl groups is 5. The van der Waals surface area contributed by atoms with Gasteiger partial charge < -0.3 is 30.3 Å². The predicted molar refractivity (Wildman–Crippen MR) is 138 cm³/mol. The predicted octanol–water partition coefficient (Wildman–Crippen LogP) is 2.89. The third-order valence-corrected chi connectivity index (χ3v) is 10.8. The zero-order chi connectivity index (χ0) is 26.9. The van der Waals surface area contributed by atoms with E-state index in [1.54, 1.807) is 13.0 Å². The number of fused-ring (bicyclic) bond motifs is 5. The van der Waals surface area contributed by atoms with Crippen molar-refractivity contribution >= 4 is 12.0 Å². The average molecular weight is 513 g/mol. The van der Waals surface area contributed by atoms with Gasteiger partial charge in [-0.3, -0.25) is 0 Å². The molecule has 5 N–H and O–H groups in total. The van der Waals surface area contributed by atoms with Crippen LogP contribution in [0, 0.1) is 16.7 Å². The summed E-state index contributed by atoms with van der Waals surface area (Å²) >= 11 is 0. The molecule has 3 saturated carbocycles. The molecular formula is C30H40O7. The largest absolute Gasteiger partial charge is 0.458 e. The lowest BCUT2D eigenvalue weighted by molar-refractivity contribution is -0.326. The second kappa shape index (κ2) is 8.75. The molecule has 1 aromatic rings. The quantitative estimate of drug-likeness (QED) is 0.238. The Morgan fingerprint density at radius 2 is 1.81 bits per heavy atom. The molecule has 4 aliphatic carbocycles. The number of rotatable bonds is 4. The van der Waals surface area contributed by atoms with E-state index in [0.29, 0.717) is 19.3 Å². The average Bonchev–Trinajstić information content (AvgIpc) is 3.10. The molecule has 5 rings (SSSR count). The van der Waals surface area contributed by atoms with Gasteiger partial charge in [-0.1, -0.05) is 55.8 Å². The van der Waals surface area contributed by atoms with E-state index in [2.05, 4.69) is 6.92 Å². The topological polar surface area (TPSA) is 127 Å². The van der Waals surface area contributed by atoms with Gasteiger partial charge >= 0.3 is 5.97 Å². The minimum absolute atomic E-state index is 0.0621. The maximum Gasteiger partial charge on any atom is 0.331 e. The van der Waals surface area contributed by atoms with E-state index in [1.165, 1.54) is 13.0 Å². The van der Waals surface area contributed by atoms with Gasteiger partial charge in [-0.05, 0) is 68.9 Å². The Labute approximate surface area is 218 Å². The maximum atomic E-state index is 13.1. The highest BCUT2D eigenvalue weighted by Crippen LogP contribution is 2.71. The molecular weight excluding hydrogens is 472 g/mol. The number of carbonyl (C=O) groups excluding carboxylic acids is 1. The zero-order valence-electron chi connectivity index (χ0n) is 21.9. The number of hydrogen-bond donors (Lipinski definition) is 5. The van der Waals surface area contributed by atoms with Crippen LogP contribution in [0.3, 0.4) is 0 Å². The lowest BCUT2D eigenvalue weighted by Gasteiger charge is -2.67. The monoisotopic (exact) mass is 512 g/mol. The highest BCUT2D eigenvalue weighted by atomic mass is 16.5. The summed E-state index contributed by atoms with van der Waals surface area (Å²) in [6.45, 7) is 5.19. The fraction of sp³-hybridized carbons (Fsp3) is 0.633. The molecule has 7 nitrogen and oxygen atoms in total. The van der Waals surface area contributed by atoms with Crippen molar-refractivity contribution in [2.24, 2.45) is 16.7 Å². The van der Waals surface area contributed by atoms with Gasteiger partial charge in [0, 0.05) is 12.0 Å². The summed E-state index contributed by atoms with van der Waals surface area (Å²) < 4.78 is 6.04. The number of ether oxygens (including phenoxy) is 1. The number of hydrogen-bond acceptors (Lipinski definition) is 7. The Morgan fingerprint density at radius 3 is 2.49 bits per heavy atom. The summed E-state index contributed by atoms with van der Waals surface area (Å²) in [4.78, 5) is 13.1. The second-order valence-electron chi connectivity index (χ2n) is 12.3. The fourth-order valence-corrected chi connectivity index (χ4v) is 8.42. The van der Waals surface area contributed by atoms with E-state index in [-0.39, 0.29) is 25.7 Å². The van der Waals surface area contributed by atoms with Crippen molar-refractivity contribution in [3.8, 4) is 0 Å². The summed E-state index contributed by atoms with van der Waals surface area (Å²) in [5.74, 6) is -1.07. The Balaban J connectivity index is 1.57. The van der Waals surface area contributed by atoms with Gasteiger partial charge in [0.1, 0.15) is 22.9 Å². The number of esters is 1. The maximum absolute atomic E-state index is 13.1. The molecule has 0 spiro atoms. The smallest absolute Gasteiger partial charge is 0.331 e. The minimum atomic E-state index is -1.82. The van der Waals surface area contributed by atoms with Crippen LogP contribution in [0.15, 0.2) is 48.1 Å². The van der Waals surface area contributed by atoms with Crippen LogP contribution in [0.25, 0.3) is 6.08 Å². The van der Waals surface area contributed by atoms with Gasteiger partial charge in [-0.2, -0.15) is 0 Å². The second-order valence-corrected chi connectivity index (χ2v) is 12.3. The molecule has 3 fully saturated rings. The van der Waals surface area contributed by atoms with Gasteiger partial charge in [-0.15, -0.1) is 0 Å². The van der Waals surface area contributed by atoms with Crippen LogP contribution in [-0.2, 0) is 9.53 Å². The van der Waals surface area contributed by atoms with E-state index in [4.69, 9.17) is 4.74 Å². The van der Waals surface area contributed by atoms with Crippen LogP contribution in [-0.4, -0.2) is 66.6 Å². The van der Waals surface area contributed by atoms with Crippen molar-refractivity contribution in [3.63, 3.8) is 0 Å². The van der Waals surface area contributed by atoms with E-state index in [0.717, 1.165) is 11.1 Å². The van der Waals surface area contributed by atoms with E-state index in [9.17, 15) is 30.3 Å². The summed E-state index contributed by atoms with van der Waals surface area (Å²) in [6, 6.07) is 9.34. The molecule has 0 saturated heterocycles. The molecule has 0 heterocycles. The molecule has 0 unspecified atom stereocenters. The molecule has 1 aromatic carbocycles. The Morgan fingerprint density at radius 1 is 1.11 bits per heavy atom. The van der Waals surface area contributed by atoms with Gasteiger partial charge in [-0.25, -0.2) is 4.79 Å². The molecule has 202 valence electrons. The fourth-order valence-electron chi connectivity index (χ4n) is 8.42. The van der Waals surface area contributed by atoms with Crippen molar-refractivity contribution in [1.82, 2.24) is 0 Å². The first-order valence-corrected chi connectivity index (χ1v) is 13.5. The zero-order valence-corrected chi connectivity index (χ0v) is 21.9. The molecule has 9 atom stereocenters. The van der Waals surface area contributed by atoms with Crippen LogP contribution >= 0.6 is 0 Å². The summed E-state index contributed by atoms with van der Waals surface area (Å²) in [6.07, 6.45) is 4.57. The molecule has 4 aliphatic rings. The van der Waals surface area contributed by atoms with Crippen molar-refractivity contribution in [2.45, 2.75) is 101 Å². The number of aliphatic hydroxyl groups excluding tert-OH is 2. The number of carbonyl (C=O) groups is 1. The molecule has 0 amide bonds. The van der Waals surface area contributed by atoms with E-state index >= 15 is 0 Å². The third-order valence-electron chi connectivity index (χ3n) is 10.8. The third kappa shape index (κ3) is 3.54. The van der Waals surface area contributed by atoms with Crippen molar-refractivity contribution in [1.29, 1.82) is 0 Å². The van der Waals surface area contributed by atoms with Crippen LogP contribution in [0.5, 0.6) is 0 Å². The van der Waals surface area contributed by atoms with Gasteiger partial charge in [0.15, 0.2) is 0 Å². The van der Waals surface area contributed by atoms with Crippen molar-refractivity contribution in [2.75, 3.05) is 0 Å². The Kier molecular flexibility index (Phi) is 6.28. The van der Waals surface area contributed by atoms with Gasteiger partial charge in [0.2, 0.25) is 0 Å². The van der Waals surface area contributed by atoms with Crippen LogP contribution in [0.1, 0.15) is 71.3 Å². The molecule has 0 radical (unpaired) electrons. The first-order valence-electron chi connectivity index (χ1n) is 13.5. The normalized spacial score (nSPS) is 45.9. The van der Waals surface area contributed by atoms with E-state index < -0.39 is 57.8 Å². The van der Waals surface area contributed by atoms with E-state index in [1.807, 2.05) is 36.4 Å².